The third-order valence-corrected chi connectivity index (χ3v) is 4.49. The molecule has 2 rings (SSSR count). The average molecular weight is 327 g/mol. The van der Waals surface area contributed by atoms with Crippen LogP contribution in [0.2, 0.25) is 0 Å². The monoisotopic (exact) mass is 327 g/mol. The second-order valence-electron chi connectivity index (χ2n) is 5.56. The first-order valence-electron chi connectivity index (χ1n) is 7.31. The number of fused-ring (bicyclic) bond motifs is 1. The number of hydrogen-bond donors (Lipinski definition) is 3. The first-order valence-corrected chi connectivity index (χ1v) is 7.31. The van der Waals surface area contributed by atoms with Gasteiger partial charge in [0.2, 0.25) is 0 Å². The zero-order chi connectivity index (χ0) is 17.4. The molecular weight excluding hydrogens is 306 g/mol. The quantitative estimate of drug-likeness (QED) is 0.607. The molecule has 0 aromatic heterocycles. The molecular formula is C14H21N3O6. The number of ether oxygens (including phenoxy) is 2. The zero-order valence-corrected chi connectivity index (χ0v) is 13.3. The molecule has 1 fully saturated rings. The number of hydrogen-bond acceptors (Lipinski definition) is 7. The van der Waals surface area contributed by atoms with E-state index in [1.807, 2.05) is 0 Å². The molecule has 9 nitrogen and oxygen atoms in total. The van der Waals surface area contributed by atoms with Crippen molar-refractivity contribution < 1.29 is 29.0 Å². The Morgan fingerprint density at radius 3 is 2.57 bits per heavy atom. The number of nitrogens with one attached hydrogen (secondary N) is 1. The van der Waals surface area contributed by atoms with Gasteiger partial charge in [-0.15, -0.1) is 0 Å². The number of hydrazine groups is 1. The summed E-state index contributed by atoms with van der Waals surface area (Å²) in [4.78, 5) is 36.2. The molecule has 4 N–H and O–H groups in total. The second kappa shape index (κ2) is 5.73. The summed E-state index contributed by atoms with van der Waals surface area (Å²) in [6.07, 6.45) is 0.811. The van der Waals surface area contributed by atoms with Crippen molar-refractivity contribution in [2.75, 3.05) is 13.7 Å². The maximum Gasteiger partial charge on any atom is 0.336 e. The van der Waals surface area contributed by atoms with Crippen molar-refractivity contribution in [3.05, 3.63) is 11.3 Å². The largest absolute Gasteiger partial charge is 0.466 e. The minimum Gasteiger partial charge on any atom is -0.466 e. The number of urea groups is 1. The second-order valence-corrected chi connectivity index (χ2v) is 5.56. The van der Waals surface area contributed by atoms with Crippen molar-refractivity contribution in [2.24, 2.45) is 11.1 Å². The number of primary amides is 1. The smallest absolute Gasteiger partial charge is 0.336 e. The third-order valence-electron chi connectivity index (χ3n) is 4.49. The Morgan fingerprint density at radius 1 is 1.39 bits per heavy atom. The van der Waals surface area contributed by atoms with Gasteiger partial charge in [-0.3, -0.25) is 9.80 Å². The molecule has 1 saturated carbocycles. The van der Waals surface area contributed by atoms with Crippen LogP contribution < -0.4 is 11.2 Å². The third kappa shape index (κ3) is 2.14. The molecule has 0 bridgehead atoms. The predicted octanol–water partition coefficient (Wildman–Crippen LogP) is -0.246. The van der Waals surface area contributed by atoms with Crippen LogP contribution in [-0.4, -0.2) is 47.5 Å². The molecule has 23 heavy (non-hydrogen) atoms. The molecule has 1 heterocycles. The van der Waals surface area contributed by atoms with Crippen LogP contribution in [0, 0.1) is 5.41 Å². The van der Waals surface area contributed by atoms with E-state index in [-0.39, 0.29) is 30.7 Å². The molecule has 0 aromatic rings. The van der Waals surface area contributed by atoms with Crippen molar-refractivity contribution in [3.8, 4) is 0 Å². The molecule has 2 aliphatic rings. The van der Waals surface area contributed by atoms with E-state index in [9.17, 15) is 19.5 Å². The Bertz CT molecular complexity index is 589. The first-order chi connectivity index (χ1) is 10.8. The van der Waals surface area contributed by atoms with Crippen LogP contribution in [-0.2, 0) is 19.1 Å². The Balaban J connectivity index is 2.66. The number of nitrogens with zero attached hydrogens (tertiary/aromatic N) is 1. The lowest BCUT2D eigenvalue weighted by Crippen LogP contribution is -2.61. The summed E-state index contributed by atoms with van der Waals surface area (Å²) in [5.74, 6) is -1.49. The summed E-state index contributed by atoms with van der Waals surface area (Å²) in [7, 11) is 1.18. The van der Waals surface area contributed by atoms with Crippen LogP contribution in [0.3, 0.4) is 0 Å². The van der Waals surface area contributed by atoms with E-state index in [1.54, 1.807) is 6.92 Å². The van der Waals surface area contributed by atoms with Crippen molar-refractivity contribution in [2.45, 2.75) is 38.8 Å². The van der Waals surface area contributed by atoms with Crippen LogP contribution in [0.25, 0.3) is 0 Å². The molecule has 2 amide bonds. The van der Waals surface area contributed by atoms with E-state index in [0.717, 1.165) is 5.01 Å². The predicted molar refractivity (Wildman–Crippen MR) is 77.1 cm³/mol. The van der Waals surface area contributed by atoms with E-state index in [0.29, 0.717) is 6.42 Å². The maximum absolute atomic E-state index is 12.7. The highest BCUT2D eigenvalue weighted by Gasteiger charge is 2.71. The maximum atomic E-state index is 12.7. The first kappa shape index (κ1) is 17.1. The number of nitrogens with two attached hydrogens (primary N) is 1. The number of carbonyl (C=O) groups is 3. The Labute approximate surface area is 133 Å². The van der Waals surface area contributed by atoms with E-state index >= 15 is 0 Å². The molecule has 0 radical (unpaired) electrons. The van der Waals surface area contributed by atoms with Crippen LogP contribution in [0.4, 0.5) is 4.79 Å². The summed E-state index contributed by atoms with van der Waals surface area (Å²) in [6, 6.07) is -0.923. The molecule has 0 spiro atoms. The molecule has 2 unspecified atom stereocenters. The van der Waals surface area contributed by atoms with Crippen LogP contribution in [0.5, 0.6) is 0 Å². The lowest BCUT2D eigenvalue weighted by Gasteiger charge is -2.40. The van der Waals surface area contributed by atoms with Crippen molar-refractivity contribution in [3.63, 3.8) is 0 Å². The Morgan fingerprint density at radius 2 is 2.04 bits per heavy atom. The molecule has 1 aliphatic heterocycles. The SMILES string of the molecule is CCOC(=O)C12CCCC1(O)N(NC(N)=O)C(C)=C2C(=O)OC. The minimum absolute atomic E-state index is 0.0211. The van der Waals surface area contributed by atoms with Gasteiger partial charge in [-0.25, -0.2) is 15.0 Å². The van der Waals surface area contributed by atoms with E-state index in [2.05, 4.69) is 5.43 Å². The summed E-state index contributed by atoms with van der Waals surface area (Å²) in [6.45, 7) is 3.22. The Hall–Kier alpha value is -2.29. The number of allylic oxidation sites excluding steroid dienone is 1. The van der Waals surface area contributed by atoms with Gasteiger partial charge in [0.05, 0.1) is 19.3 Å². The summed E-state index contributed by atoms with van der Waals surface area (Å²) in [5.41, 5.74) is 4.16. The molecule has 0 saturated heterocycles. The normalized spacial score (nSPS) is 29.3. The summed E-state index contributed by atoms with van der Waals surface area (Å²) in [5, 5.41) is 12.3. The van der Waals surface area contributed by atoms with Crippen LogP contribution >= 0.6 is 0 Å². The van der Waals surface area contributed by atoms with Crippen LogP contribution in [0.1, 0.15) is 33.1 Å². The number of rotatable bonds is 4. The van der Waals surface area contributed by atoms with Crippen LogP contribution in [0.15, 0.2) is 11.3 Å². The van der Waals surface area contributed by atoms with Gasteiger partial charge < -0.3 is 20.3 Å². The molecule has 0 aromatic carbocycles. The molecule has 128 valence electrons. The molecule has 1 aliphatic carbocycles. The van der Waals surface area contributed by atoms with E-state index in [1.165, 1.54) is 14.0 Å². The topological polar surface area (TPSA) is 131 Å². The minimum atomic E-state index is -1.83. The van der Waals surface area contributed by atoms with E-state index < -0.39 is 29.1 Å². The highest BCUT2D eigenvalue weighted by Crippen LogP contribution is 2.59. The van der Waals surface area contributed by atoms with Gasteiger partial charge in [0, 0.05) is 5.70 Å². The van der Waals surface area contributed by atoms with Gasteiger partial charge >= 0.3 is 18.0 Å². The van der Waals surface area contributed by atoms with Gasteiger partial charge in [-0.1, -0.05) is 0 Å². The fourth-order valence-corrected chi connectivity index (χ4v) is 3.67. The number of methoxy groups -OCH3 is 1. The standard InChI is InChI=1S/C14H21N3O6/c1-4-23-11(19)13-6-5-7-14(13,21)17(16-12(15)20)8(2)9(13)10(18)22-3/h21H,4-7H2,1-3H3,(H3,15,16,20). The number of amides is 2. The summed E-state index contributed by atoms with van der Waals surface area (Å²) < 4.78 is 9.89. The highest BCUT2D eigenvalue weighted by molar-refractivity contribution is 6.01. The van der Waals surface area contributed by atoms with E-state index in [4.69, 9.17) is 15.2 Å². The van der Waals surface area contributed by atoms with Gasteiger partial charge in [0.1, 0.15) is 0 Å². The average Bonchev–Trinajstić information content (AvgIpc) is 2.91. The van der Waals surface area contributed by atoms with Gasteiger partial charge in [-0.05, 0) is 33.1 Å². The highest BCUT2D eigenvalue weighted by atomic mass is 16.5. The van der Waals surface area contributed by atoms with Gasteiger partial charge in [-0.2, -0.15) is 0 Å². The lowest BCUT2D eigenvalue weighted by molar-refractivity contribution is -0.187. The molecule has 9 heteroatoms. The van der Waals surface area contributed by atoms with Crippen molar-refractivity contribution >= 4 is 18.0 Å². The summed E-state index contributed by atoms with van der Waals surface area (Å²) >= 11 is 0. The van der Waals surface area contributed by atoms with Crippen molar-refractivity contribution in [1.29, 1.82) is 0 Å². The lowest BCUT2D eigenvalue weighted by atomic mass is 9.75. The molecule has 2 atom stereocenters. The fraction of sp³-hybridized carbons (Fsp3) is 0.643. The zero-order valence-electron chi connectivity index (χ0n) is 13.3. The van der Waals surface area contributed by atoms with Gasteiger partial charge in [0.25, 0.3) is 0 Å². The fourth-order valence-electron chi connectivity index (χ4n) is 3.67. The Kier molecular flexibility index (Phi) is 4.25. The number of carbonyl (C=O) groups excluding carboxylic acids is 3. The van der Waals surface area contributed by atoms with Gasteiger partial charge in [0.15, 0.2) is 11.1 Å². The number of esters is 2. The van der Waals surface area contributed by atoms with Crippen molar-refractivity contribution in [1.82, 2.24) is 10.4 Å². The number of aliphatic hydroxyl groups is 1.